The van der Waals surface area contributed by atoms with Crippen molar-refractivity contribution in [3.05, 3.63) is 80.2 Å². The van der Waals surface area contributed by atoms with E-state index in [0.29, 0.717) is 10.4 Å². The first-order chi connectivity index (χ1) is 12.3. The Morgan fingerprint density at radius 3 is 2.50 bits per heavy atom. The Labute approximate surface area is 155 Å². The predicted molar refractivity (Wildman–Crippen MR) is 95.4 cm³/mol. The zero-order chi connectivity index (χ0) is 18.8. The van der Waals surface area contributed by atoms with Crippen LogP contribution in [0.3, 0.4) is 0 Å². The van der Waals surface area contributed by atoms with E-state index in [1.807, 2.05) is 5.38 Å². The van der Waals surface area contributed by atoms with Crippen LogP contribution in [0.15, 0.2) is 58.6 Å². The molecular formula is C18H14F3NO2S2. The van der Waals surface area contributed by atoms with Crippen molar-refractivity contribution < 1.29 is 23.1 Å². The second-order valence-corrected chi connectivity index (χ2v) is 7.34. The average molecular weight is 397 g/mol. The molecule has 136 valence electrons. The maximum atomic E-state index is 12.8. The molecule has 1 unspecified atom stereocenters. The van der Waals surface area contributed by atoms with Gasteiger partial charge in [0.25, 0.3) is 5.91 Å². The van der Waals surface area contributed by atoms with Gasteiger partial charge < -0.3 is 10.4 Å². The minimum atomic E-state index is -4.52. The Morgan fingerprint density at radius 2 is 1.88 bits per heavy atom. The van der Waals surface area contributed by atoms with Crippen LogP contribution >= 0.6 is 22.7 Å². The number of nitrogens with one attached hydrogen (secondary N) is 1. The van der Waals surface area contributed by atoms with Crippen molar-refractivity contribution in [1.29, 1.82) is 0 Å². The van der Waals surface area contributed by atoms with Crippen LogP contribution in [0.2, 0.25) is 0 Å². The number of alkyl halides is 3. The van der Waals surface area contributed by atoms with Crippen LogP contribution in [-0.2, 0) is 11.8 Å². The number of carbonyl (C=O) groups is 1. The lowest BCUT2D eigenvalue weighted by atomic mass is 9.94. The first kappa shape index (κ1) is 18.6. The van der Waals surface area contributed by atoms with E-state index >= 15 is 0 Å². The van der Waals surface area contributed by atoms with Crippen molar-refractivity contribution in [2.24, 2.45) is 0 Å². The summed E-state index contributed by atoms with van der Waals surface area (Å²) in [5.74, 6) is -0.679. The fourth-order valence-corrected chi connectivity index (χ4v) is 4.06. The van der Waals surface area contributed by atoms with Gasteiger partial charge in [0.05, 0.1) is 12.1 Å². The number of amides is 1. The Morgan fingerprint density at radius 1 is 1.08 bits per heavy atom. The molecule has 26 heavy (non-hydrogen) atoms. The van der Waals surface area contributed by atoms with Crippen molar-refractivity contribution in [3.63, 3.8) is 0 Å². The molecule has 8 heteroatoms. The SMILES string of the molecule is O=C(NCC(O)(c1ccsc1)c1cccs1)c1cccc(C(F)(F)F)c1. The zero-order valence-corrected chi connectivity index (χ0v) is 14.9. The highest BCUT2D eigenvalue weighted by atomic mass is 32.1. The van der Waals surface area contributed by atoms with E-state index < -0.39 is 23.2 Å². The Balaban J connectivity index is 1.81. The molecule has 0 aliphatic carbocycles. The Bertz CT molecular complexity index is 840. The summed E-state index contributed by atoms with van der Waals surface area (Å²) in [5, 5.41) is 19.1. The van der Waals surface area contributed by atoms with Crippen LogP contribution in [0.5, 0.6) is 0 Å². The number of benzene rings is 1. The van der Waals surface area contributed by atoms with Gasteiger partial charge in [-0.2, -0.15) is 24.5 Å². The van der Waals surface area contributed by atoms with Crippen molar-refractivity contribution in [1.82, 2.24) is 5.32 Å². The van der Waals surface area contributed by atoms with Crippen molar-refractivity contribution in [2.45, 2.75) is 11.8 Å². The smallest absolute Gasteiger partial charge is 0.378 e. The third kappa shape index (κ3) is 3.82. The minimum absolute atomic E-state index is 0.112. The number of hydrogen-bond donors (Lipinski definition) is 2. The predicted octanol–water partition coefficient (Wildman–Crippen LogP) is 4.49. The molecule has 0 spiro atoms. The normalized spacial score (nSPS) is 14.0. The summed E-state index contributed by atoms with van der Waals surface area (Å²) in [6.07, 6.45) is -4.52. The lowest BCUT2D eigenvalue weighted by molar-refractivity contribution is -0.137. The molecule has 0 aliphatic rings. The molecule has 1 amide bonds. The number of aliphatic hydroxyl groups is 1. The van der Waals surface area contributed by atoms with Gasteiger partial charge in [-0.3, -0.25) is 4.79 Å². The molecule has 2 heterocycles. The van der Waals surface area contributed by atoms with Crippen LogP contribution in [0.4, 0.5) is 13.2 Å². The summed E-state index contributed by atoms with van der Waals surface area (Å²) in [6.45, 7) is -0.153. The van der Waals surface area contributed by atoms with Gasteiger partial charge in [-0.1, -0.05) is 12.1 Å². The molecule has 0 saturated carbocycles. The number of hydrogen-bond acceptors (Lipinski definition) is 4. The van der Waals surface area contributed by atoms with Gasteiger partial charge in [0.1, 0.15) is 5.60 Å². The lowest BCUT2D eigenvalue weighted by Crippen LogP contribution is -2.41. The Hall–Kier alpha value is -2.16. The molecule has 0 radical (unpaired) electrons. The van der Waals surface area contributed by atoms with Gasteiger partial charge in [0, 0.05) is 16.0 Å². The third-order valence-electron chi connectivity index (χ3n) is 3.88. The third-order valence-corrected chi connectivity index (χ3v) is 5.59. The molecular weight excluding hydrogens is 383 g/mol. The minimum Gasteiger partial charge on any atom is -0.378 e. The highest BCUT2D eigenvalue weighted by Gasteiger charge is 2.34. The van der Waals surface area contributed by atoms with Crippen LogP contribution in [0.1, 0.15) is 26.4 Å². The van der Waals surface area contributed by atoms with Crippen LogP contribution < -0.4 is 5.32 Å². The van der Waals surface area contributed by atoms with Gasteiger partial charge >= 0.3 is 6.18 Å². The number of rotatable bonds is 5. The van der Waals surface area contributed by atoms with Gasteiger partial charge in [0.2, 0.25) is 0 Å². The molecule has 2 N–H and O–H groups in total. The topological polar surface area (TPSA) is 49.3 Å². The summed E-state index contributed by atoms with van der Waals surface area (Å²) in [5.41, 5.74) is -1.82. The zero-order valence-electron chi connectivity index (χ0n) is 13.3. The fraction of sp³-hybridized carbons (Fsp3) is 0.167. The van der Waals surface area contributed by atoms with Gasteiger partial charge in [-0.05, 0) is 46.5 Å². The molecule has 2 aromatic heterocycles. The molecule has 0 aliphatic heterocycles. The second-order valence-electron chi connectivity index (χ2n) is 5.61. The van der Waals surface area contributed by atoms with E-state index in [1.165, 1.54) is 34.8 Å². The Kier molecular flexibility index (Phi) is 5.17. The molecule has 0 bridgehead atoms. The quantitative estimate of drug-likeness (QED) is 0.666. The average Bonchev–Trinajstić information content (AvgIpc) is 3.32. The maximum absolute atomic E-state index is 12.8. The molecule has 1 aromatic carbocycles. The van der Waals surface area contributed by atoms with Gasteiger partial charge in [-0.25, -0.2) is 0 Å². The maximum Gasteiger partial charge on any atom is 0.416 e. The van der Waals surface area contributed by atoms with Crippen molar-refractivity contribution in [3.8, 4) is 0 Å². The largest absolute Gasteiger partial charge is 0.416 e. The van der Waals surface area contributed by atoms with Crippen molar-refractivity contribution in [2.75, 3.05) is 6.54 Å². The van der Waals surface area contributed by atoms with E-state index in [4.69, 9.17) is 0 Å². The number of thiophene rings is 2. The van der Waals surface area contributed by atoms with Crippen LogP contribution in [-0.4, -0.2) is 17.6 Å². The van der Waals surface area contributed by atoms with E-state index in [1.54, 1.807) is 29.0 Å². The second kappa shape index (κ2) is 7.22. The summed E-state index contributed by atoms with van der Waals surface area (Å²) < 4.78 is 38.4. The molecule has 3 nitrogen and oxygen atoms in total. The van der Waals surface area contributed by atoms with E-state index in [9.17, 15) is 23.1 Å². The summed E-state index contributed by atoms with van der Waals surface area (Å²) >= 11 is 2.74. The highest BCUT2D eigenvalue weighted by Crippen LogP contribution is 2.34. The van der Waals surface area contributed by atoms with Crippen LogP contribution in [0, 0.1) is 0 Å². The lowest BCUT2D eigenvalue weighted by Gasteiger charge is -2.27. The number of halogens is 3. The standard InChI is InChI=1S/C18H14F3NO2S2/c19-18(20,21)13-4-1-3-12(9-13)16(23)22-11-17(24,14-6-8-25-10-14)15-5-2-7-26-15/h1-10,24H,11H2,(H,22,23). The highest BCUT2D eigenvalue weighted by molar-refractivity contribution is 7.10. The molecule has 3 rings (SSSR count). The van der Waals surface area contributed by atoms with Crippen LogP contribution in [0.25, 0.3) is 0 Å². The fourth-order valence-electron chi connectivity index (χ4n) is 2.49. The summed E-state index contributed by atoms with van der Waals surface area (Å²) in [4.78, 5) is 13.0. The summed E-state index contributed by atoms with van der Waals surface area (Å²) in [7, 11) is 0. The van der Waals surface area contributed by atoms with Gasteiger partial charge in [0.15, 0.2) is 0 Å². The first-order valence-electron chi connectivity index (χ1n) is 7.55. The molecule has 1 atom stereocenters. The molecule has 0 saturated heterocycles. The monoisotopic (exact) mass is 397 g/mol. The molecule has 0 fully saturated rings. The van der Waals surface area contributed by atoms with Crippen molar-refractivity contribution >= 4 is 28.6 Å². The number of carbonyl (C=O) groups excluding carboxylic acids is 1. The molecule has 3 aromatic rings. The van der Waals surface area contributed by atoms with E-state index in [-0.39, 0.29) is 12.1 Å². The van der Waals surface area contributed by atoms with E-state index in [2.05, 4.69) is 5.32 Å². The summed E-state index contributed by atoms with van der Waals surface area (Å²) in [6, 6.07) is 9.47. The first-order valence-corrected chi connectivity index (χ1v) is 9.37. The van der Waals surface area contributed by atoms with Gasteiger partial charge in [-0.15, -0.1) is 11.3 Å². The van der Waals surface area contributed by atoms with E-state index in [0.717, 1.165) is 12.1 Å².